The number of aliphatic hydroxyl groups is 2. The fraction of sp³-hybridized carbons (Fsp3) is 0.708. The van der Waals surface area contributed by atoms with Gasteiger partial charge in [0.1, 0.15) is 25.4 Å². The maximum absolute atomic E-state index is 13.1. The lowest BCUT2D eigenvalue weighted by molar-refractivity contribution is -0.161. The molecule has 0 heterocycles. The minimum absolute atomic E-state index is 0.0981. The van der Waals surface area contributed by atoms with Crippen LogP contribution in [-0.4, -0.2) is 95.9 Å². The van der Waals surface area contributed by atoms with Crippen molar-refractivity contribution in [2.24, 2.45) is 0 Å². The summed E-state index contributed by atoms with van der Waals surface area (Å²) in [5.41, 5.74) is 0. The molecule has 752 valence electrons. The van der Waals surface area contributed by atoms with Crippen LogP contribution in [0.3, 0.4) is 0 Å². The fourth-order valence-corrected chi connectivity index (χ4v) is 16.3. The maximum Gasteiger partial charge on any atom is 0.472 e. The van der Waals surface area contributed by atoms with Crippen molar-refractivity contribution in [1.29, 1.82) is 0 Å². The van der Waals surface area contributed by atoms with E-state index in [0.29, 0.717) is 19.3 Å². The molecule has 0 amide bonds. The van der Waals surface area contributed by atoms with Crippen molar-refractivity contribution < 1.29 is 75.8 Å². The van der Waals surface area contributed by atoms with E-state index >= 15 is 0 Å². The van der Waals surface area contributed by atoms with Gasteiger partial charge in [-0.2, -0.15) is 0 Å². The molecule has 0 aliphatic heterocycles. The van der Waals surface area contributed by atoms with Gasteiger partial charge in [0.25, 0.3) is 0 Å². The Morgan fingerprint density at radius 3 is 0.603 bits per heavy atom. The Labute approximate surface area is 802 Å². The van der Waals surface area contributed by atoms with Crippen molar-refractivity contribution in [2.75, 3.05) is 39.6 Å². The first-order valence-electron chi connectivity index (χ1n) is 53.1. The number of carbonyl (C=O) groups excluding carboxylic acids is 3. The topological polar surface area (TPSA) is 231 Å². The van der Waals surface area contributed by atoms with Crippen LogP contribution in [0.1, 0.15) is 457 Å². The third-order valence-electron chi connectivity index (χ3n) is 22.6. The van der Waals surface area contributed by atoms with Gasteiger partial charge in [0.15, 0.2) is 6.10 Å². The van der Waals surface area contributed by atoms with Gasteiger partial charge in [0.2, 0.25) is 0 Å². The molecule has 0 aliphatic carbocycles. The number of carbonyl (C=O) groups is 3. The molecule has 0 aromatic rings. The number of aliphatic hydroxyl groups excluding tert-OH is 2. The SMILES string of the molecule is CC/C=C\C/C=C\C/C=C\C/C=C\C/C=C\CCCCCCCCCCCCCCCCCCCCCC(=O)OCC(O)COP(=O)(O)OCC(O)COP(=O)(O)OCC(COC(=O)CCCCCCCCCCCCCCCCCCC/C=C\C/C=C\C/C=C\C/C=C\C/C=C\CC)OC(=O)CCCCCCCCCCCCC/C=C\C/C=C\C/C=C\C/C=C\C/C=C\CC. The Balaban J connectivity index is 4.57. The van der Waals surface area contributed by atoms with Gasteiger partial charge >= 0.3 is 33.6 Å². The summed E-state index contributed by atoms with van der Waals surface area (Å²) in [7, 11) is -9.82. The molecule has 18 heteroatoms. The summed E-state index contributed by atoms with van der Waals surface area (Å²) < 4.78 is 61.8. The van der Waals surface area contributed by atoms with Crippen LogP contribution in [0.2, 0.25) is 0 Å². The van der Waals surface area contributed by atoms with Crippen LogP contribution in [0.4, 0.5) is 0 Å². The number of rotatable bonds is 100. The van der Waals surface area contributed by atoms with E-state index in [9.17, 15) is 43.5 Å². The van der Waals surface area contributed by atoms with Crippen LogP contribution in [0.5, 0.6) is 0 Å². The summed E-state index contributed by atoms with van der Waals surface area (Å²) in [4.78, 5) is 59.3. The van der Waals surface area contributed by atoms with Crippen LogP contribution in [0.15, 0.2) is 182 Å². The number of esters is 3. The first kappa shape index (κ1) is 126. The average molecular weight is 1870 g/mol. The Bertz CT molecular complexity index is 3110. The molecule has 16 nitrogen and oxygen atoms in total. The van der Waals surface area contributed by atoms with Gasteiger partial charge in [0, 0.05) is 19.3 Å². The first-order valence-corrected chi connectivity index (χ1v) is 56.1. The van der Waals surface area contributed by atoms with Gasteiger partial charge in [-0.15, -0.1) is 0 Å². The quantitative estimate of drug-likeness (QED) is 0.0146. The largest absolute Gasteiger partial charge is 0.472 e. The summed E-state index contributed by atoms with van der Waals surface area (Å²) in [6, 6.07) is 0. The minimum Gasteiger partial charge on any atom is -0.463 e. The summed E-state index contributed by atoms with van der Waals surface area (Å²) in [6.07, 6.45) is 138. The average Bonchev–Trinajstić information content (AvgIpc) is 0.885. The molecule has 4 N–H and O–H groups in total. The highest BCUT2D eigenvalue weighted by Gasteiger charge is 2.30. The first-order chi connectivity index (χ1) is 64.2. The van der Waals surface area contributed by atoms with Gasteiger partial charge in [-0.05, 0) is 154 Å². The lowest BCUT2D eigenvalue weighted by Gasteiger charge is -2.21. The number of hydrogen-bond acceptors (Lipinski definition) is 14. The van der Waals surface area contributed by atoms with Crippen molar-refractivity contribution in [3.05, 3.63) is 182 Å². The lowest BCUT2D eigenvalue weighted by Crippen LogP contribution is -2.30. The number of hydrogen-bond donors (Lipinski definition) is 4. The van der Waals surface area contributed by atoms with Crippen LogP contribution >= 0.6 is 15.6 Å². The van der Waals surface area contributed by atoms with Crippen LogP contribution < -0.4 is 0 Å². The minimum atomic E-state index is -4.95. The number of ether oxygens (including phenoxy) is 3. The van der Waals surface area contributed by atoms with Crippen molar-refractivity contribution in [1.82, 2.24) is 0 Å². The number of phosphoric ester groups is 2. The molecular formula is C113H194O16P2. The maximum atomic E-state index is 13.1. The highest BCUT2D eigenvalue weighted by molar-refractivity contribution is 7.47. The summed E-state index contributed by atoms with van der Waals surface area (Å²) in [5.74, 6) is -1.56. The molecule has 0 saturated carbocycles. The Morgan fingerprint density at radius 1 is 0.214 bits per heavy atom. The van der Waals surface area contributed by atoms with Gasteiger partial charge < -0.3 is 34.2 Å². The zero-order valence-corrected chi connectivity index (χ0v) is 85.2. The number of phosphoric acid groups is 2. The number of allylic oxidation sites excluding steroid dienone is 30. The molecule has 0 bridgehead atoms. The van der Waals surface area contributed by atoms with Crippen molar-refractivity contribution in [2.45, 2.75) is 476 Å². The van der Waals surface area contributed by atoms with Gasteiger partial charge in [0.05, 0.1) is 26.4 Å². The molecule has 0 spiro atoms. The smallest absolute Gasteiger partial charge is 0.463 e. The lowest BCUT2D eigenvalue weighted by atomic mass is 10.0. The molecule has 0 aliphatic rings. The second-order valence-electron chi connectivity index (χ2n) is 35.3. The van der Waals surface area contributed by atoms with Crippen LogP contribution in [0, 0.1) is 0 Å². The van der Waals surface area contributed by atoms with E-state index in [1.807, 2.05) is 0 Å². The second kappa shape index (κ2) is 104. The molecule has 0 aromatic carbocycles. The second-order valence-corrected chi connectivity index (χ2v) is 38.2. The summed E-state index contributed by atoms with van der Waals surface area (Å²) in [6.45, 7) is 2.42. The fourth-order valence-electron chi connectivity index (χ4n) is 14.7. The molecule has 0 rings (SSSR count). The van der Waals surface area contributed by atoms with E-state index in [2.05, 4.69) is 203 Å². The van der Waals surface area contributed by atoms with E-state index in [-0.39, 0.29) is 19.3 Å². The predicted octanol–water partition coefficient (Wildman–Crippen LogP) is 33.9. The van der Waals surface area contributed by atoms with Gasteiger partial charge in [-0.25, -0.2) is 9.13 Å². The predicted molar refractivity (Wildman–Crippen MR) is 555 cm³/mol. The van der Waals surface area contributed by atoms with E-state index < -0.39 is 91.5 Å². The molecule has 0 fully saturated rings. The summed E-state index contributed by atoms with van der Waals surface area (Å²) in [5, 5.41) is 20.8. The standard InChI is InChI=1S/C113H194O16P2/c1-4-7-10-13-16-19-22-25-28-31-34-37-40-43-46-48-50-52-53-55-57-58-61-63-66-69-72-75-78-81-84-87-90-93-96-99-111(116)123-102-108(114)103-125-130(119,120)126-104-109(115)105-127-131(121,122)128-107-110(129-113(118)101-98-95-92-89-86-83-80-77-74-71-68-65-60-45-42-39-36-33-30-27-24-21-18-15-12-9-6-3)106-124-112(117)100-97-94-91-88-85-82-79-76-73-70-67-64-62-59-56-54-51-49-47-44-41-38-35-32-29-26-23-20-17-14-11-8-5-2/h7-12,16-21,25-30,34-39,43-47,60,108-110,114-115H,4-6,13-15,22-24,31-33,40-42,48-59,61-107H2,1-3H3,(H,119,120)(H,121,122)/b10-7-,11-8-,12-9-,19-16-,20-17-,21-18-,28-25-,29-26-,30-27-,37-34-,38-35-,39-36-,46-43-,47-44-,60-45-. The Kier molecular flexibility index (Phi) is 99.3. The molecule has 131 heavy (non-hydrogen) atoms. The zero-order valence-electron chi connectivity index (χ0n) is 83.5. The molecule has 5 unspecified atom stereocenters. The van der Waals surface area contributed by atoms with E-state index in [0.717, 1.165) is 167 Å². The van der Waals surface area contributed by atoms with Crippen LogP contribution in [0.25, 0.3) is 0 Å². The third-order valence-corrected chi connectivity index (χ3v) is 24.5. The van der Waals surface area contributed by atoms with Gasteiger partial charge in [-0.1, -0.05) is 466 Å². The normalized spacial score (nSPS) is 14.3. The number of unbranched alkanes of at least 4 members (excludes halogenated alkanes) is 47. The summed E-state index contributed by atoms with van der Waals surface area (Å²) >= 11 is 0. The zero-order chi connectivity index (χ0) is 95.0. The van der Waals surface area contributed by atoms with Crippen molar-refractivity contribution in [3.8, 4) is 0 Å². The van der Waals surface area contributed by atoms with Gasteiger partial charge in [-0.3, -0.25) is 32.5 Å². The van der Waals surface area contributed by atoms with E-state index in [1.54, 1.807) is 0 Å². The highest BCUT2D eigenvalue weighted by Crippen LogP contribution is 2.45. The van der Waals surface area contributed by atoms with E-state index in [4.69, 9.17) is 32.3 Å². The molecule has 0 aromatic heterocycles. The van der Waals surface area contributed by atoms with Crippen LogP contribution in [-0.2, 0) is 55.8 Å². The Morgan fingerprint density at radius 2 is 0.382 bits per heavy atom. The molecule has 0 radical (unpaired) electrons. The molecule has 0 saturated heterocycles. The Hall–Kier alpha value is -5.35. The molecular weight excluding hydrogens is 1680 g/mol. The van der Waals surface area contributed by atoms with Crippen molar-refractivity contribution in [3.63, 3.8) is 0 Å². The third kappa shape index (κ3) is 105. The molecule has 5 atom stereocenters. The highest BCUT2D eigenvalue weighted by atomic mass is 31.2. The monoisotopic (exact) mass is 1870 g/mol. The van der Waals surface area contributed by atoms with E-state index in [1.165, 1.54) is 231 Å². The van der Waals surface area contributed by atoms with Crippen molar-refractivity contribution >= 4 is 33.6 Å².